The molecule has 0 atom stereocenters. The molecule has 26 heavy (non-hydrogen) atoms. The van der Waals surface area contributed by atoms with E-state index in [4.69, 9.17) is 9.47 Å². The second-order valence-electron chi connectivity index (χ2n) is 6.11. The Balaban J connectivity index is 0.00000312. The zero-order valence-electron chi connectivity index (χ0n) is 15.7. The van der Waals surface area contributed by atoms with Gasteiger partial charge in [-0.2, -0.15) is 0 Å². The maximum atomic E-state index is 12.1. The molecule has 0 saturated carbocycles. The summed E-state index contributed by atoms with van der Waals surface area (Å²) in [5.74, 6) is 1.81. The molecule has 0 radical (unpaired) electrons. The Bertz CT molecular complexity index is 516. The SMILES string of the molecule is CNCCCC(=O)N1CCC(Nc2cc(OC)cc(OC)c2)CC1.Cl.Cl. The normalized spacial score (nSPS) is 14.0. The van der Waals surface area contributed by atoms with Gasteiger partial charge in [-0.3, -0.25) is 4.79 Å². The number of nitrogens with zero attached hydrogens (tertiary/aromatic N) is 1. The highest BCUT2D eigenvalue weighted by Crippen LogP contribution is 2.27. The number of methoxy groups -OCH3 is 2. The van der Waals surface area contributed by atoms with Gasteiger partial charge < -0.3 is 25.0 Å². The lowest BCUT2D eigenvalue weighted by Crippen LogP contribution is -2.42. The number of carbonyl (C=O) groups excluding carboxylic acids is 1. The Labute approximate surface area is 168 Å². The zero-order valence-corrected chi connectivity index (χ0v) is 17.4. The third-order valence-corrected chi connectivity index (χ3v) is 4.39. The number of amides is 1. The average Bonchev–Trinajstić information content (AvgIpc) is 2.62. The van der Waals surface area contributed by atoms with Gasteiger partial charge in [-0.05, 0) is 32.9 Å². The summed E-state index contributed by atoms with van der Waals surface area (Å²) in [6.45, 7) is 2.52. The first-order valence-corrected chi connectivity index (χ1v) is 8.58. The van der Waals surface area contributed by atoms with Crippen LogP contribution in [0.2, 0.25) is 0 Å². The smallest absolute Gasteiger partial charge is 0.222 e. The Morgan fingerprint density at radius 3 is 2.19 bits per heavy atom. The summed E-state index contributed by atoms with van der Waals surface area (Å²) in [5, 5.41) is 6.61. The van der Waals surface area contributed by atoms with Crippen LogP contribution in [-0.2, 0) is 4.79 Å². The lowest BCUT2D eigenvalue weighted by Gasteiger charge is -2.33. The van der Waals surface area contributed by atoms with Gasteiger partial charge in [0.15, 0.2) is 0 Å². The summed E-state index contributed by atoms with van der Waals surface area (Å²) in [6.07, 6.45) is 3.44. The molecule has 6 nitrogen and oxygen atoms in total. The van der Waals surface area contributed by atoms with Crippen molar-refractivity contribution in [3.63, 3.8) is 0 Å². The number of ether oxygens (including phenoxy) is 2. The van der Waals surface area contributed by atoms with Crippen LogP contribution in [0.4, 0.5) is 5.69 Å². The lowest BCUT2D eigenvalue weighted by atomic mass is 10.0. The maximum Gasteiger partial charge on any atom is 0.222 e. The molecular formula is C18H31Cl2N3O3. The highest BCUT2D eigenvalue weighted by Gasteiger charge is 2.22. The van der Waals surface area contributed by atoms with Crippen LogP contribution in [0.1, 0.15) is 25.7 Å². The van der Waals surface area contributed by atoms with Gasteiger partial charge in [-0.1, -0.05) is 0 Å². The quantitative estimate of drug-likeness (QED) is 0.648. The van der Waals surface area contributed by atoms with E-state index < -0.39 is 0 Å². The Hall–Kier alpha value is -1.37. The number of nitrogens with one attached hydrogen (secondary N) is 2. The van der Waals surface area contributed by atoms with Crippen molar-refractivity contribution in [3.8, 4) is 11.5 Å². The number of rotatable bonds is 8. The molecule has 1 aliphatic heterocycles. The monoisotopic (exact) mass is 407 g/mol. The molecular weight excluding hydrogens is 377 g/mol. The number of hydrogen-bond acceptors (Lipinski definition) is 5. The van der Waals surface area contributed by atoms with Crippen molar-refractivity contribution in [2.24, 2.45) is 0 Å². The zero-order chi connectivity index (χ0) is 17.4. The molecule has 0 aromatic heterocycles. The van der Waals surface area contributed by atoms with Crippen LogP contribution in [0.5, 0.6) is 11.5 Å². The summed E-state index contributed by atoms with van der Waals surface area (Å²) < 4.78 is 10.6. The van der Waals surface area contributed by atoms with Crippen LogP contribution in [0, 0.1) is 0 Å². The molecule has 2 rings (SSSR count). The van der Waals surface area contributed by atoms with Crippen molar-refractivity contribution >= 4 is 36.4 Å². The number of likely N-dealkylation sites (tertiary alicyclic amines) is 1. The molecule has 0 aliphatic carbocycles. The van der Waals surface area contributed by atoms with Crippen LogP contribution in [0.15, 0.2) is 18.2 Å². The molecule has 0 bridgehead atoms. The summed E-state index contributed by atoms with van der Waals surface area (Å²) in [7, 11) is 5.21. The van der Waals surface area contributed by atoms with Crippen LogP contribution < -0.4 is 20.1 Å². The summed E-state index contributed by atoms with van der Waals surface area (Å²) in [5.41, 5.74) is 0.991. The number of anilines is 1. The van der Waals surface area contributed by atoms with Gasteiger partial charge in [0, 0.05) is 49.4 Å². The van der Waals surface area contributed by atoms with Crippen molar-refractivity contribution in [1.29, 1.82) is 0 Å². The van der Waals surface area contributed by atoms with E-state index in [0.717, 1.165) is 56.1 Å². The Morgan fingerprint density at radius 2 is 1.69 bits per heavy atom. The fourth-order valence-electron chi connectivity index (χ4n) is 2.97. The standard InChI is InChI=1S/C18H29N3O3.2ClH/c1-19-8-4-5-18(22)21-9-6-14(7-10-21)20-15-11-16(23-2)13-17(12-15)24-3;;/h11-14,19-20H,4-10H2,1-3H3;2*1H. The molecule has 1 fully saturated rings. The van der Waals surface area contributed by atoms with Crippen LogP contribution in [-0.4, -0.2) is 57.8 Å². The molecule has 1 amide bonds. The van der Waals surface area contributed by atoms with E-state index in [2.05, 4.69) is 10.6 Å². The average molecular weight is 408 g/mol. The third-order valence-electron chi connectivity index (χ3n) is 4.39. The first-order valence-electron chi connectivity index (χ1n) is 8.58. The van der Waals surface area contributed by atoms with E-state index >= 15 is 0 Å². The molecule has 2 N–H and O–H groups in total. The lowest BCUT2D eigenvalue weighted by molar-refractivity contribution is -0.132. The van der Waals surface area contributed by atoms with E-state index in [-0.39, 0.29) is 30.7 Å². The minimum absolute atomic E-state index is 0. The van der Waals surface area contributed by atoms with Gasteiger partial charge in [-0.15, -0.1) is 24.8 Å². The van der Waals surface area contributed by atoms with Gasteiger partial charge in [0.2, 0.25) is 5.91 Å². The van der Waals surface area contributed by atoms with E-state index in [1.807, 2.05) is 30.1 Å². The largest absolute Gasteiger partial charge is 0.497 e. The predicted molar refractivity (Wildman–Crippen MR) is 110 cm³/mol. The van der Waals surface area contributed by atoms with E-state index in [1.165, 1.54) is 0 Å². The number of hydrogen-bond donors (Lipinski definition) is 2. The number of piperidine rings is 1. The third kappa shape index (κ3) is 7.48. The van der Waals surface area contributed by atoms with Crippen LogP contribution >= 0.6 is 24.8 Å². The molecule has 150 valence electrons. The van der Waals surface area contributed by atoms with Crippen molar-refractivity contribution in [2.75, 3.05) is 46.2 Å². The molecule has 0 unspecified atom stereocenters. The molecule has 1 heterocycles. The molecule has 1 aromatic carbocycles. The van der Waals surface area contributed by atoms with Gasteiger partial charge in [0.05, 0.1) is 14.2 Å². The van der Waals surface area contributed by atoms with E-state index in [9.17, 15) is 4.79 Å². The first kappa shape index (κ1) is 24.6. The second-order valence-corrected chi connectivity index (χ2v) is 6.11. The molecule has 0 spiro atoms. The summed E-state index contributed by atoms with van der Waals surface area (Å²) in [4.78, 5) is 14.1. The first-order chi connectivity index (χ1) is 11.7. The maximum absolute atomic E-state index is 12.1. The van der Waals surface area contributed by atoms with Crippen molar-refractivity contribution < 1.29 is 14.3 Å². The molecule has 1 aromatic rings. The van der Waals surface area contributed by atoms with E-state index in [0.29, 0.717) is 12.5 Å². The van der Waals surface area contributed by atoms with Gasteiger partial charge in [0.1, 0.15) is 11.5 Å². The Morgan fingerprint density at radius 1 is 1.12 bits per heavy atom. The fourth-order valence-corrected chi connectivity index (χ4v) is 2.97. The van der Waals surface area contributed by atoms with Crippen molar-refractivity contribution in [1.82, 2.24) is 10.2 Å². The minimum Gasteiger partial charge on any atom is -0.497 e. The molecule has 1 aliphatic rings. The van der Waals surface area contributed by atoms with Crippen LogP contribution in [0.3, 0.4) is 0 Å². The van der Waals surface area contributed by atoms with Gasteiger partial charge in [-0.25, -0.2) is 0 Å². The second kappa shape index (κ2) is 12.9. The van der Waals surface area contributed by atoms with Crippen molar-refractivity contribution in [3.05, 3.63) is 18.2 Å². The predicted octanol–water partition coefficient (Wildman–Crippen LogP) is 2.95. The highest BCUT2D eigenvalue weighted by molar-refractivity contribution is 5.85. The topological polar surface area (TPSA) is 62.8 Å². The van der Waals surface area contributed by atoms with Gasteiger partial charge in [0.25, 0.3) is 0 Å². The summed E-state index contributed by atoms with van der Waals surface area (Å²) in [6, 6.07) is 6.16. The minimum atomic E-state index is 0. The Kier molecular flexibility index (Phi) is 12.2. The number of halogens is 2. The fraction of sp³-hybridized carbons (Fsp3) is 0.611. The molecule has 8 heteroatoms. The van der Waals surface area contributed by atoms with Crippen molar-refractivity contribution in [2.45, 2.75) is 31.7 Å². The number of benzene rings is 1. The molecule has 1 saturated heterocycles. The van der Waals surface area contributed by atoms with E-state index in [1.54, 1.807) is 14.2 Å². The van der Waals surface area contributed by atoms with Gasteiger partial charge >= 0.3 is 0 Å². The summed E-state index contributed by atoms with van der Waals surface area (Å²) >= 11 is 0. The number of carbonyl (C=O) groups is 1. The highest BCUT2D eigenvalue weighted by atomic mass is 35.5. The van der Waals surface area contributed by atoms with Crippen LogP contribution in [0.25, 0.3) is 0 Å².